The van der Waals surface area contributed by atoms with E-state index in [9.17, 15) is 18.0 Å². The number of aromatic amines is 1. The summed E-state index contributed by atoms with van der Waals surface area (Å²) in [5, 5.41) is 0. The normalized spacial score (nSPS) is 18.2. The van der Waals surface area contributed by atoms with Crippen LogP contribution in [0.4, 0.5) is 13.2 Å². The van der Waals surface area contributed by atoms with Gasteiger partial charge in [0.25, 0.3) is 5.91 Å². The van der Waals surface area contributed by atoms with Crippen LogP contribution in [0.1, 0.15) is 28.7 Å². The Balaban J connectivity index is 1.40. The molecule has 0 unspecified atom stereocenters. The summed E-state index contributed by atoms with van der Waals surface area (Å²) in [5.41, 5.74) is 1.70. The Hall–Kier alpha value is -2.39. The Morgan fingerprint density at radius 3 is 2.60 bits per heavy atom. The molecule has 0 spiro atoms. The summed E-state index contributed by atoms with van der Waals surface area (Å²) in [5.74, 6) is 0.162. The van der Waals surface area contributed by atoms with Crippen LogP contribution in [-0.2, 0) is 12.7 Å². The van der Waals surface area contributed by atoms with E-state index >= 15 is 0 Å². The molecular weight excluding hydrogens is 461 g/mol. The van der Waals surface area contributed by atoms with Gasteiger partial charge in [0.15, 0.2) is 5.82 Å². The smallest absolute Gasteiger partial charge is 0.334 e. The van der Waals surface area contributed by atoms with Crippen molar-refractivity contribution in [1.29, 1.82) is 0 Å². The molecule has 5 nitrogen and oxygen atoms in total. The van der Waals surface area contributed by atoms with Crippen LogP contribution in [-0.4, -0.2) is 51.4 Å². The molecule has 3 aromatic rings. The van der Waals surface area contributed by atoms with Crippen molar-refractivity contribution in [1.82, 2.24) is 19.8 Å². The third-order valence-electron chi connectivity index (χ3n) is 5.31. The van der Waals surface area contributed by atoms with Crippen LogP contribution in [0.2, 0.25) is 0 Å². The van der Waals surface area contributed by atoms with Gasteiger partial charge >= 0.3 is 6.18 Å². The number of aromatic nitrogens is 2. The van der Waals surface area contributed by atoms with Crippen LogP contribution < -0.4 is 0 Å². The molecule has 1 amide bonds. The molecule has 0 radical (unpaired) electrons. The summed E-state index contributed by atoms with van der Waals surface area (Å²) in [6.07, 6.45) is -4.33. The first-order valence-electron chi connectivity index (χ1n) is 9.55. The van der Waals surface area contributed by atoms with E-state index in [1.165, 1.54) is 12.1 Å². The number of fused-ring (bicyclic) bond motifs is 1. The van der Waals surface area contributed by atoms with Gasteiger partial charge in [0.2, 0.25) is 0 Å². The highest BCUT2D eigenvalue weighted by atomic mass is 79.9. The van der Waals surface area contributed by atoms with Gasteiger partial charge in [0.1, 0.15) is 0 Å². The molecule has 1 atom stereocenters. The number of imidazole rings is 1. The number of benzene rings is 2. The quantitative estimate of drug-likeness (QED) is 0.591. The van der Waals surface area contributed by atoms with E-state index in [0.29, 0.717) is 32.0 Å². The van der Waals surface area contributed by atoms with Crippen molar-refractivity contribution >= 4 is 32.9 Å². The second-order valence-corrected chi connectivity index (χ2v) is 8.44. The van der Waals surface area contributed by atoms with E-state index in [0.717, 1.165) is 33.2 Å². The molecule has 9 heteroatoms. The highest BCUT2D eigenvalue weighted by Gasteiger charge is 2.31. The lowest BCUT2D eigenvalue weighted by atomic mass is 10.1. The number of piperazine rings is 1. The third-order valence-corrected chi connectivity index (χ3v) is 5.80. The lowest BCUT2D eigenvalue weighted by Crippen LogP contribution is -2.53. The second kappa shape index (κ2) is 8.03. The largest absolute Gasteiger partial charge is 0.416 e. The van der Waals surface area contributed by atoms with Crippen LogP contribution >= 0.6 is 15.9 Å². The van der Waals surface area contributed by atoms with Gasteiger partial charge in [0.05, 0.1) is 16.6 Å². The predicted octanol–water partition coefficient (Wildman–Crippen LogP) is 4.69. The Kier molecular flexibility index (Phi) is 5.59. The van der Waals surface area contributed by atoms with Crippen LogP contribution in [0.25, 0.3) is 11.0 Å². The van der Waals surface area contributed by atoms with Crippen molar-refractivity contribution in [3.63, 3.8) is 0 Å². The van der Waals surface area contributed by atoms with Gasteiger partial charge in [0, 0.05) is 36.7 Å². The molecule has 0 bridgehead atoms. The van der Waals surface area contributed by atoms with Crippen molar-refractivity contribution < 1.29 is 18.0 Å². The molecule has 1 N–H and O–H groups in total. The summed E-state index contributed by atoms with van der Waals surface area (Å²) >= 11 is 3.41. The highest BCUT2D eigenvalue weighted by Crippen LogP contribution is 2.29. The molecule has 0 aliphatic carbocycles. The van der Waals surface area contributed by atoms with Gasteiger partial charge < -0.3 is 9.88 Å². The minimum absolute atomic E-state index is 0.0411. The van der Waals surface area contributed by atoms with Crippen molar-refractivity contribution in [2.45, 2.75) is 25.7 Å². The Morgan fingerprint density at radius 1 is 1.20 bits per heavy atom. The summed E-state index contributed by atoms with van der Waals surface area (Å²) in [6.45, 7) is 4.32. The number of nitrogens with zero attached hydrogens (tertiary/aromatic N) is 3. The molecule has 1 fully saturated rings. The van der Waals surface area contributed by atoms with E-state index in [-0.39, 0.29) is 11.9 Å². The first-order valence-corrected chi connectivity index (χ1v) is 10.3. The molecule has 2 heterocycles. The molecule has 30 heavy (non-hydrogen) atoms. The minimum Gasteiger partial charge on any atom is -0.334 e. The fourth-order valence-electron chi connectivity index (χ4n) is 3.75. The average molecular weight is 481 g/mol. The molecule has 4 rings (SSSR count). The molecule has 1 aromatic heterocycles. The zero-order valence-corrected chi connectivity index (χ0v) is 17.8. The number of nitrogens with one attached hydrogen (secondary N) is 1. The maximum atomic E-state index is 13.0. The zero-order valence-electron chi connectivity index (χ0n) is 16.2. The van der Waals surface area contributed by atoms with Gasteiger partial charge in [-0.2, -0.15) is 13.2 Å². The standard InChI is InChI=1S/C21H20BrF3N4O/c1-13-11-28(12-14-2-4-15(5-3-14)21(23,24)25)8-9-29(13)20(30)19-26-17-7-6-16(22)10-18(17)27-19/h2-7,10,13H,8-9,11-12H2,1H3,(H,26,27)/t13-/m0/s1. The van der Waals surface area contributed by atoms with E-state index in [1.54, 1.807) is 4.90 Å². The van der Waals surface area contributed by atoms with Crippen molar-refractivity contribution in [3.8, 4) is 0 Å². The van der Waals surface area contributed by atoms with Crippen LogP contribution in [0.3, 0.4) is 0 Å². The SMILES string of the molecule is C[C@H]1CN(Cc2ccc(C(F)(F)F)cc2)CCN1C(=O)c1nc2ccc(Br)cc2[nH]1. The summed E-state index contributed by atoms with van der Waals surface area (Å²) in [7, 11) is 0. The summed E-state index contributed by atoms with van der Waals surface area (Å²) in [4.78, 5) is 24.4. The number of rotatable bonds is 3. The fraction of sp³-hybridized carbons (Fsp3) is 0.333. The molecule has 158 valence electrons. The molecule has 1 aliphatic heterocycles. The number of halogens is 4. The molecular formula is C21H20BrF3N4O. The number of carbonyl (C=O) groups excluding carboxylic acids is 1. The first-order chi connectivity index (χ1) is 14.2. The Bertz CT molecular complexity index is 1060. The first kappa shape index (κ1) is 20.9. The van der Waals surface area contributed by atoms with E-state index in [2.05, 4.69) is 30.8 Å². The van der Waals surface area contributed by atoms with Gasteiger partial charge in [-0.1, -0.05) is 28.1 Å². The number of H-pyrrole nitrogens is 1. The van der Waals surface area contributed by atoms with Crippen molar-refractivity contribution in [2.24, 2.45) is 0 Å². The minimum atomic E-state index is -4.33. The van der Waals surface area contributed by atoms with Gasteiger partial charge in [-0.05, 0) is 42.8 Å². The summed E-state index contributed by atoms with van der Waals surface area (Å²) in [6, 6.07) is 10.8. The zero-order chi connectivity index (χ0) is 21.5. The van der Waals surface area contributed by atoms with Gasteiger partial charge in [-0.3, -0.25) is 9.69 Å². The Labute approximate surface area is 180 Å². The number of carbonyl (C=O) groups is 1. The number of hydrogen-bond acceptors (Lipinski definition) is 3. The molecule has 2 aromatic carbocycles. The van der Waals surface area contributed by atoms with E-state index < -0.39 is 11.7 Å². The monoisotopic (exact) mass is 480 g/mol. The van der Waals surface area contributed by atoms with Crippen LogP contribution in [0.5, 0.6) is 0 Å². The average Bonchev–Trinajstić information content (AvgIpc) is 3.10. The van der Waals surface area contributed by atoms with Crippen LogP contribution in [0.15, 0.2) is 46.9 Å². The van der Waals surface area contributed by atoms with Crippen molar-refractivity contribution in [3.05, 3.63) is 63.9 Å². The number of hydrogen-bond donors (Lipinski definition) is 1. The summed E-state index contributed by atoms with van der Waals surface area (Å²) < 4.78 is 39.1. The number of alkyl halides is 3. The van der Waals surface area contributed by atoms with E-state index in [4.69, 9.17) is 0 Å². The predicted molar refractivity (Wildman–Crippen MR) is 111 cm³/mol. The molecule has 0 saturated carbocycles. The maximum Gasteiger partial charge on any atom is 0.416 e. The highest BCUT2D eigenvalue weighted by molar-refractivity contribution is 9.10. The molecule has 1 saturated heterocycles. The fourth-order valence-corrected chi connectivity index (χ4v) is 4.12. The van der Waals surface area contributed by atoms with Crippen molar-refractivity contribution in [2.75, 3.05) is 19.6 Å². The van der Waals surface area contributed by atoms with Crippen LogP contribution in [0, 0.1) is 0 Å². The molecule has 1 aliphatic rings. The van der Waals surface area contributed by atoms with Gasteiger partial charge in [-0.25, -0.2) is 4.98 Å². The lowest BCUT2D eigenvalue weighted by Gasteiger charge is -2.39. The second-order valence-electron chi connectivity index (χ2n) is 7.52. The Morgan fingerprint density at radius 2 is 1.93 bits per heavy atom. The lowest BCUT2D eigenvalue weighted by molar-refractivity contribution is -0.137. The number of amides is 1. The van der Waals surface area contributed by atoms with E-state index in [1.807, 2.05) is 25.1 Å². The topological polar surface area (TPSA) is 52.2 Å². The maximum absolute atomic E-state index is 13.0. The third kappa shape index (κ3) is 4.37. The van der Waals surface area contributed by atoms with Gasteiger partial charge in [-0.15, -0.1) is 0 Å².